The van der Waals surface area contributed by atoms with Gasteiger partial charge in [-0.3, -0.25) is 0 Å². The summed E-state index contributed by atoms with van der Waals surface area (Å²) in [7, 11) is 1.61. The zero-order valence-electron chi connectivity index (χ0n) is 9.01. The summed E-state index contributed by atoms with van der Waals surface area (Å²) in [6, 6.07) is 3.57. The zero-order chi connectivity index (χ0) is 11.5. The monoisotopic (exact) mass is 238 g/mol. The smallest absolute Gasteiger partial charge is 0.158 e. The van der Waals surface area contributed by atoms with Crippen LogP contribution in [0.1, 0.15) is 11.4 Å². The summed E-state index contributed by atoms with van der Waals surface area (Å²) in [5.74, 6) is 0.653. The Hall–Kier alpha value is -1.46. The molecule has 5 nitrogen and oxygen atoms in total. The number of halogens is 1. The second-order valence-corrected chi connectivity index (χ2v) is 3.71. The molecule has 0 aliphatic carbocycles. The van der Waals surface area contributed by atoms with E-state index in [0.717, 1.165) is 11.4 Å². The third kappa shape index (κ3) is 2.20. The molecule has 0 radical (unpaired) electrons. The van der Waals surface area contributed by atoms with Crippen LogP contribution < -0.4 is 0 Å². The fourth-order valence-corrected chi connectivity index (χ4v) is 1.59. The van der Waals surface area contributed by atoms with Crippen molar-refractivity contribution in [1.82, 2.24) is 19.7 Å². The first-order valence-electron chi connectivity index (χ1n) is 4.73. The molecule has 0 N–H and O–H groups in total. The van der Waals surface area contributed by atoms with Gasteiger partial charge in [0, 0.05) is 24.9 Å². The van der Waals surface area contributed by atoms with Crippen LogP contribution >= 0.6 is 11.6 Å². The Balaban J connectivity index is 2.40. The summed E-state index contributed by atoms with van der Waals surface area (Å²) in [5.41, 5.74) is 1.63. The Bertz CT molecular complexity index is 497. The molecule has 0 spiro atoms. The van der Waals surface area contributed by atoms with Crippen molar-refractivity contribution in [2.45, 2.75) is 13.5 Å². The molecule has 2 heterocycles. The lowest BCUT2D eigenvalue weighted by Gasteiger charge is -2.01. The van der Waals surface area contributed by atoms with Gasteiger partial charge in [-0.05, 0) is 6.92 Å². The fraction of sp³-hybridized carbons (Fsp3) is 0.300. The van der Waals surface area contributed by atoms with Gasteiger partial charge in [0.2, 0.25) is 0 Å². The number of aromatic nitrogens is 4. The molecule has 6 heteroatoms. The molecule has 0 atom stereocenters. The van der Waals surface area contributed by atoms with Gasteiger partial charge in [0.15, 0.2) is 5.82 Å². The molecule has 2 aromatic heterocycles. The maximum absolute atomic E-state index is 6.05. The number of hydrogen-bond acceptors (Lipinski definition) is 4. The first kappa shape index (κ1) is 11.0. The van der Waals surface area contributed by atoms with E-state index in [9.17, 15) is 0 Å². The van der Waals surface area contributed by atoms with Gasteiger partial charge in [-0.15, -0.1) is 0 Å². The molecule has 0 saturated heterocycles. The molecule has 0 saturated carbocycles. The topological polar surface area (TPSA) is 52.8 Å². The summed E-state index contributed by atoms with van der Waals surface area (Å²) in [6.45, 7) is 2.31. The first-order valence-corrected chi connectivity index (χ1v) is 5.11. The van der Waals surface area contributed by atoms with E-state index < -0.39 is 0 Å². The molecule has 84 valence electrons. The van der Waals surface area contributed by atoms with Gasteiger partial charge in [0.1, 0.15) is 11.5 Å². The molecule has 0 aromatic carbocycles. The van der Waals surface area contributed by atoms with Crippen molar-refractivity contribution >= 4 is 11.6 Å². The van der Waals surface area contributed by atoms with E-state index in [2.05, 4.69) is 15.1 Å². The van der Waals surface area contributed by atoms with Crippen LogP contribution in [0, 0.1) is 6.92 Å². The van der Waals surface area contributed by atoms with Crippen LogP contribution in [0.15, 0.2) is 18.5 Å². The molecular weight excluding hydrogens is 228 g/mol. The highest BCUT2D eigenvalue weighted by Gasteiger charge is 2.08. The van der Waals surface area contributed by atoms with Crippen molar-refractivity contribution in [2.24, 2.45) is 0 Å². The van der Waals surface area contributed by atoms with Crippen LogP contribution in [0.4, 0.5) is 0 Å². The molecule has 0 fully saturated rings. The van der Waals surface area contributed by atoms with Gasteiger partial charge in [0.05, 0.1) is 12.3 Å². The van der Waals surface area contributed by atoms with Crippen molar-refractivity contribution in [2.75, 3.05) is 7.11 Å². The first-order chi connectivity index (χ1) is 7.70. The summed E-state index contributed by atoms with van der Waals surface area (Å²) >= 11 is 6.05. The lowest BCUT2D eigenvalue weighted by molar-refractivity contribution is 0.181. The Morgan fingerprint density at radius 2 is 2.19 bits per heavy atom. The standard InChI is InChI=1S/C10H11ClN4O/c1-7-3-10(13-6-12-7)15-9(11)4-8(14-15)5-16-2/h3-4,6H,5H2,1-2H3. The predicted octanol–water partition coefficient (Wildman–Crippen LogP) is 1.77. The van der Waals surface area contributed by atoms with Gasteiger partial charge in [-0.2, -0.15) is 5.10 Å². The third-order valence-corrected chi connectivity index (χ3v) is 2.28. The lowest BCUT2D eigenvalue weighted by atomic mass is 10.4. The van der Waals surface area contributed by atoms with E-state index in [1.807, 2.05) is 13.0 Å². The van der Waals surface area contributed by atoms with E-state index in [1.54, 1.807) is 17.9 Å². The van der Waals surface area contributed by atoms with Crippen molar-refractivity contribution in [3.8, 4) is 5.82 Å². The largest absolute Gasteiger partial charge is 0.378 e. The quantitative estimate of drug-likeness (QED) is 0.818. The van der Waals surface area contributed by atoms with E-state index in [4.69, 9.17) is 16.3 Å². The van der Waals surface area contributed by atoms with Crippen molar-refractivity contribution < 1.29 is 4.74 Å². The van der Waals surface area contributed by atoms with Gasteiger partial charge in [-0.1, -0.05) is 11.6 Å². The summed E-state index contributed by atoms with van der Waals surface area (Å²) in [5, 5.41) is 4.79. The second-order valence-electron chi connectivity index (χ2n) is 3.32. The van der Waals surface area contributed by atoms with E-state index in [1.165, 1.54) is 6.33 Å². The maximum atomic E-state index is 6.05. The maximum Gasteiger partial charge on any atom is 0.158 e. The van der Waals surface area contributed by atoms with Crippen LogP contribution in [0.2, 0.25) is 5.15 Å². The molecular formula is C10H11ClN4O. The molecule has 0 aliphatic rings. The molecule has 2 rings (SSSR count). The van der Waals surface area contributed by atoms with Crippen LogP contribution in [-0.2, 0) is 11.3 Å². The van der Waals surface area contributed by atoms with Gasteiger partial charge in [-0.25, -0.2) is 14.6 Å². The van der Waals surface area contributed by atoms with E-state index in [0.29, 0.717) is 17.6 Å². The Morgan fingerprint density at radius 3 is 2.88 bits per heavy atom. The average Bonchev–Trinajstić information content (AvgIpc) is 2.60. The van der Waals surface area contributed by atoms with Gasteiger partial charge < -0.3 is 4.74 Å². The molecule has 0 aliphatic heterocycles. The van der Waals surface area contributed by atoms with Crippen LogP contribution in [0.25, 0.3) is 5.82 Å². The molecule has 0 bridgehead atoms. The number of ether oxygens (including phenoxy) is 1. The number of rotatable bonds is 3. The van der Waals surface area contributed by atoms with Gasteiger partial charge in [0.25, 0.3) is 0 Å². The zero-order valence-corrected chi connectivity index (χ0v) is 9.77. The number of methoxy groups -OCH3 is 1. The van der Waals surface area contributed by atoms with Crippen LogP contribution in [0.5, 0.6) is 0 Å². The van der Waals surface area contributed by atoms with Crippen molar-refractivity contribution in [1.29, 1.82) is 0 Å². The highest BCUT2D eigenvalue weighted by Crippen LogP contribution is 2.16. The highest BCUT2D eigenvalue weighted by molar-refractivity contribution is 6.29. The van der Waals surface area contributed by atoms with Crippen molar-refractivity contribution in [3.63, 3.8) is 0 Å². The SMILES string of the molecule is COCc1cc(Cl)n(-c2cc(C)ncn2)n1. The Labute approximate surface area is 98.0 Å². The fourth-order valence-electron chi connectivity index (χ4n) is 1.34. The summed E-state index contributed by atoms with van der Waals surface area (Å²) in [4.78, 5) is 8.13. The Morgan fingerprint density at radius 1 is 1.38 bits per heavy atom. The molecule has 0 unspecified atom stereocenters. The van der Waals surface area contributed by atoms with Crippen LogP contribution in [-0.4, -0.2) is 26.9 Å². The summed E-state index contributed by atoms with van der Waals surface area (Å²) < 4.78 is 6.55. The molecule has 0 amide bonds. The predicted molar refractivity (Wildman–Crippen MR) is 59.6 cm³/mol. The van der Waals surface area contributed by atoms with E-state index in [-0.39, 0.29) is 0 Å². The minimum absolute atomic E-state index is 0.427. The lowest BCUT2D eigenvalue weighted by Crippen LogP contribution is -2.02. The minimum atomic E-state index is 0.427. The van der Waals surface area contributed by atoms with E-state index >= 15 is 0 Å². The minimum Gasteiger partial charge on any atom is -0.378 e. The molecule has 2 aromatic rings. The second kappa shape index (κ2) is 4.59. The summed E-state index contributed by atoms with van der Waals surface area (Å²) in [6.07, 6.45) is 1.48. The normalized spacial score (nSPS) is 10.7. The number of nitrogens with zero attached hydrogens (tertiary/aromatic N) is 4. The van der Waals surface area contributed by atoms with Crippen LogP contribution in [0.3, 0.4) is 0 Å². The highest BCUT2D eigenvalue weighted by atomic mass is 35.5. The Kier molecular flexibility index (Phi) is 3.17. The average molecular weight is 239 g/mol. The number of aryl methyl sites for hydroxylation is 1. The van der Waals surface area contributed by atoms with Gasteiger partial charge >= 0.3 is 0 Å². The number of hydrogen-bond donors (Lipinski definition) is 0. The molecule has 16 heavy (non-hydrogen) atoms. The third-order valence-electron chi connectivity index (χ3n) is 2.02. The van der Waals surface area contributed by atoms with Crippen molar-refractivity contribution in [3.05, 3.63) is 35.0 Å².